The zero-order chi connectivity index (χ0) is 14.9. The maximum atomic E-state index is 11.9. The topological polar surface area (TPSA) is 58.2 Å². The molecule has 0 aromatic heterocycles. The van der Waals surface area contributed by atoms with Gasteiger partial charge in [-0.3, -0.25) is 10.1 Å². The van der Waals surface area contributed by atoms with Crippen LogP contribution < -0.4 is 10.6 Å². The third-order valence-corrected chi connectivity index (χ3v) is 6.80. The zero-order valence-electron chi connectivity index (χ0n) is 12.8. The number of urea groups is 1. The second-order valence-corrected chi connectivity index (χ2v) is 8.64. The predicted molar refractivity (Wildman–Crippen MR) is 85.2 cm³/mol. The fourth-order valence-corrected chi connectivity index (χ4v) is 6.44. The Labute approximate surface area is 131 Å². The summed E-state index contributed by atoms with van der Waals surface area (Å²) in [5.74, 6) is 2.98. The molecule has 4 nitrogen and oxygen atoms in total. The standard InChI is InChI=1S/C16H26N2O2S/c1-2-3-17-15(20)18-14(19)10-21-16-7-11-4-12(8-16)6-13(5-11)9-16/h11-13H,2-10H2,1H3,(H2,17,18,19,20). The molecule has 0 aliphatic heterocycles. The van der Waals surface area contributed by atoms with Crippen molar-refractivity contribution in [3.05, 3.63) is 0 Å². The molecule has 0 spiro atoms. The van der Waals surface area contributed by atoms with E-state index in [4.69, 9.17) is 0 Å². The number of rotatable bonds is 5. The molecule has 21 heavy (non-hydrogen) atoms. The van der Waals surface area contributed by atoms with Gasteiger partial charge in [0.25, 0.3) is 0 Å². The third-order valence-electron chi connectivity index (χ3n) is 5.28. The van der Waals surface area contributed by atoms with E-state index in [0.717, 1.165) is 24.2 Å². The Kier molecular flexibility index (Phi) is 4.48. The summed E-state index contributed by atoms with van der Waals surface area (Å²) in [7, 11) is 0. The van der Waals surface area contributed by atoms with E-state index in [1.54, 1.807) is 0 Å². The number of carbonyl (C=O) groups is 2. The second-order valence-electron chi connectivity index (χ2n) is 7.19. The van der Waals surface area contributed by atoms with E-state index < -0.39 is 0 Å². The molecule has 0 aromatic rings. The van der Waals surface area contributed by atoms with Gasteiger partial charge in [0.2, 0.25) is 5.91 Å². The molecular formula is C16H26N2O2S. The summed E-state index contributed by atoms with van der Waals surface area (Å²) >= 11 is 1.82. The highest BCUT2D eigenvalue weighted by Gasteiger charge is 2.51. The zero-order valence-corrected chi connectivity index (χ0v) is 13.6. The van der Waals surface area contributed by atoms with E-state index in [1.807, 2.05) is 18.7 Å². The number of hydrogen-bond donors (Lipinski definition) is 2. The average molecular weight is 310 g/mol. The Morgan fingerprint density at radius 1 is 1.10 bits per heavy atom. The Morgan fingerprint density at radius 2 is 1.67 bits per heavy atom. The van der Waals surface area contributed by atoms with E-state index in [0.29, 0.717) is 17.0 Å². The van der Waals surface area contributed by atoms with Crippen LogP contribution in [0.15, 0.2) is 0 Å². The van der Waals surface area contributed by atoms with E-state index in [9.17, 15) is 9.59 Å². The van der Waals surface area contributed by atoms with E-state index >= 15 is 0 Å². The fourth-order valence-electron chi connectivity index (χ4n) is 4.87. The van der Waals surface area contributed by atoms with Crippen LogP contribution in [-0.2, 0) is 4.79 Å². The first-order valence-electron chi connectivity index (χ1n) is 8.30. The van der Waals surface area contributed by atoms with E-state index in [1.165, 1.54) is 38.5 Å². The minimum atomic E-state index is -0.354. The van der Waals surface area contributed by atoms with Crippen molar-refractivity contribution in [2.24, 2.45) is 17.8 Å². The smallest absolute Gasteiger partial charge is 0.321 e. The highest BCUT2D eigenvalue weighted by Crippen LogP contribution is 2.60. The second kappa shape index (κ2) is 6.19. The molecule has 0 unspecified atom stereocenters. The molecule has 4 bridgehead atoms. The summed E-state index contributed by atoms with van der Waals surface area (Å²) in [6, 6.07) is -0.354. The van der Waals surface area contributed by atoms with Crippen molar-refractivity contribution >= 4 is 23.7 Å². The van der Waals surface area contributed by atoms with E-state index in [-0.39, 0.29) is 11.9 Å². The third kappa shape index (κ3) is 3.55. The SMILES string of the molecule is CCCNC(=O)NC(=O)CSC12CC3CC(CC(C3)C1)C2. The lowest BCUT2D eigenvalue weighted by molar-refractivity contribution is -0.117. The Balaban J connectivity index is 1.46. The monoisotopic (exact) mass is 310 g/mol. The van der Waals surface area contributed by atoms with Crippen molar-refractivity contribution in [3.8, 4) is 0 Å². The maximum Gasteiger partial charge on any atom is 0.321 e. The minimum absolute atomic E-state index is 0.149. The van der Waals surface area contributed by atoms with Crippen LogP contribution in [0.5, 0.6) is 0 Å². The number of nitrogens with one attached hydrogen (secondary N) is 2. The van der Waals surface area contributed by atoms with Gasteiger partial charge in [-0.2, -0.15) is 0 Å². The highest BCUT2D eigenvalue weighted by molar-refractivity contribution is 8.01. The normalized spacial score (nSPS) is 36.5. The van der Waals surface area contributed by atoms with E-state index in [2.05, 4.69) is 10.6 Å². The van der Waals surface area contributed by atoms with Crippen LogP contribution >= 0.6 is 11.8 Å². The van der Waals surface area contributed by atoms with Gasteiger partial charge >= 0.3 is 6.03 Å². The summed E-state index contributed by atoms with van der Waals surface area (Å²) in [5, 5.41) is 5.11. The van der Waals surface area contributed by atoms with Gasteiger partial charge < -0.3 is 5.32 Å². The van der Waals surface area contributed by atoms with Crippen molar-refractivity contribution in [2.75, 3.05) is 12.3 Å². The van der Waals surface area contributed by atoms with Crippen molar-refractivity contribution in [1.82, 2.24) is 10.6 Å². The quantitative estimate of drug-likeness (QED) is 0.821. The van der Waals surface area contributed by atoms with Gasteiger partial charge in [0.05, 0.1) is 5.75 Å². The fraction of sp³-hybridized carbons (Fsp3) is 0.875. The van der Waals surface area contributed by atoms with Crippen LogP contribution in [0.4, 0.5) is 4.79 Å². The molecule has 0 heterocycles. The average Bonchev–Trinajstić information content (AvgIpc) is 2.42. The van der Waals surface area contributed by atoms with Crippen molar-refractivity contribution < 1.29 is 9.59 Å². The molecule has 2 N–H and O–H groups in total. The number of hydrogen-bond acceptors (Lipinski definition) is 3. The first kappa shape index (κ1) is 15.2. The first-order valence-corrected chi connectivity index (χ1v) is 9.29. The largest absolute Gasteiger partial charge is 0.338 e. The molecule has 5 heteroatoms. The molecule has 0 radical (unpaired) electrons. The Hall–Kier alpha value is -0.710. The van der Waals surface area contributed by atoms with Crippen LogP contribution in [0.1, 0.15) is 51.9 Å². The number of thioether (sulfide) groups is 1. The van der Waals surface area contributed by atoms with Gasteiger partial charge in [-0.1, -0.05) is 6.92 Å². The molecule has 0 atom stereocenters. The summed E-state index contributed by atoms with van der Waals surface area (Å²) in [6.07, 6.45) is 9.02. The molecule has 4 aliphatic rings. The van der Waals surface area contributed by atoms with Gasteiger partial charge in [0.15, 0.2) is 0 Å². The van der Waals surface area contributed by atoms with Crippen LogP contribution in [0.25, 0.3) is 0 Å². The number of carbonyl (C=O) groups excluding carboxylic acids is 2. The van der Waals surface area contributed by atoms with Gasteiger partial charge in [0, 0.05) is 11.3 Å². The van der Waals surface area contributed by atoms with Crippen LogP contribution in [-0.4, -0.2) is 29.0 Å². The summed E-state index contributed by atoms with van der Waals surface area (Å²) in [6.45, 7) is 2.60. The molecule has 3 amide bonds. The molecule has 4 aliphatic carbocycles. The Morgan fingerprint density at radius 3 is 2.19 bits per heavy atom. The molecule has 4 rings (SSSR count). The summed E-state index contributed by atoms with van der Waals surface area (Å²) in [5.41, 5.74) is 0. The molecule has 4 fully saturated rings. The van der Waals surface area contributed by atoms with Gasteiger partial charge in [-0.05, 0) is 62.7 Å². The van der Waals surface area contributed by atoms with Gasteiger partial charge in [0.1, 0.15) is 0 Å². The predicted octanol–water partition coefficient (Wildman–Crippen LogP) is 2.92. The molecular weight excluding hydrogens is 284 g/mol. The highest BCUT2D eigenvalue weighted by atomic mass is 32.2. The minimum Gasteiger partial charge on any atom is -0.338 e. The molecule has 0 aromatic carbocycles. The van der Waals surface area contributed by atoms with Crippen molar-refractivity contribution in [2.45, 2.75) is 56.6 Å². The number of amides is 3. The molecule has 4 saturated carbocycles. The Bertz CT molecular complexity index is 389. The van der Waals surface area contributed by atoms with Crippen molar-refractivity contribution in [3.63, 3.8) is 0 Å². The lowest BCUT2D eigenvalue weighted by Crippen LogP contribution is -2.49. The van der Waals surface area contributed by atoms with Crippen LogP contribution in [0.2, 0.25) is 0 Å². The maximum absolute atomic E-state index is 11.9. The summed E-state index contributed by atoms with van der Waals surface area (Å²) in [4.78, 5) is 23.4. The lowest BCUT2D eigenvalue weighted by atomic mass is 9.56. The first-order chi connectivity index (χ1) is 10.1. The van der Waals surface area contributed by atoms with Crippen LogP contribution in [0, 0.1) is 17.8 Å². The van der Waals surface area contributed by atoms with Crippen LogP contribution in [0.3, 0.4) is 0 Å². The molecule has 0 saturated heterocycles. The lowest BCUT2D eigenvalue weighted by Gasteiger charge is -2.56. The van der Waals surface area contributed by atoms with Gasteiger partial charge in [-0.15, -0.1) is 11.8 Å². The van der Waals surface area contributed by atoms with Crippen molar-refractivity contribution in [1.29, 1.82) is 0 Å². The molecule has 118 valence electrons. The van der Waals surface area contributed by atoms with Gasteiger partial charge in [-0.25, -0.2) is 4.79 Å². The summed E-state index contributed by atoms with van der Waals surface area (Å²) < 4.78 is 0.339. The number of imide groups is 1.